The fourth-order valence-corrected chi connectivity index (χ4v) is 2.60. The van der Waals surface area contributed by atoms with Crippen LogP contribution in [0.1, 0.15) is 37.9 Å². The van der Waals surface area contributed by atoms with Crippen molar-refractivity contribution in [3.63, 3.8) is 0 Å². The molecule has 0 aromatic heterocycles. The summed E-state index contributed by atoms with van der Waals surface area (Å²) in [4.78, 5) is 0. The van der Waals surface area contributed by atoms with Gasteiger partial charge in [0.25, 0.3) is 0 Å². The van der Waals surface area contributed by atoms with Crippen molar-refractivity contribution >= 4 is 0 Å². The minimum Gasteiger partial charge on any atom is -0.496 e. The standard InChI is InChI=1S/C20H26FNO3/c1-13(2)25-19-8-6-15(10-20(19)24-5)12-22-14(3)17-11-16(21)7-9-18(17)23-4/h6-11,13-14,22H,12H2,1-5H3. The minimum absolute atomic E-state index is 0.0664. The average Bonchev–Trinajstić information content (AvgIpc) is 2.60. The van der Waals surface area contributed by atoms with E-state index >= 15 is 0 Å². The summed E-state index contributed by atoms with van der Waals surface area (Å²) in [7, 11) is 3.21. The predicted molar refractivity (Wildman–Crippen MR) is 97.0 cm³/mol. The highest BCUT2D eigenvalue weighted by atomic mass is 19.1. The topological polar surface area (TPSA) is 39.7 Å². The summed E-state index contributed by atoms with van der Waals surface area (Å²) in [5.74, 6) is 1.81. The molecule has 0 spiro atoms. The molecule has 136 valence electrons. The van der Waals surface area contributed by atoms with E-state index in [1.165, 1.54) is 12.1 Å². The summed E-state index contributed by atoms with van der Waals surface area (Å²) in [5, 5.41) is 3.39. The van der Waals surface area contributed by atoms with Gasteiger partial charge in [-0.05, 0) is 56.7 Å². The molecule has 1 atom stereocenters. The first kappa shape index (κ1) is 19.1. The lowest BCUT2D eigenvalue weighted by Gasteiger charge is -2.18. The van der Waals surface area contributed by atoms with Crippen molar-refractivity contribution in [1.29, 1.82) is 0 Å². The zero-order valence-electron chi connectivity index (χ0n) is 15.4. The van der Waals surface area contributed by atoms with Crippen LogP contribution in [0.15, 0.2) is 36.4 Å². The summed E-state index contributed by atoms with van der Waals surface area (Å²) < 4.78 is 30.0. The molecule has 25 heavy (non-hydrogen) atoms. The molecular formula is C20H26FNO3. The van der Waals surface area contributed by atoms with E-state index in [4.69, 9.17) is 14.2 Å². The van der Waals surface area contributed by atoms with Gasteiger partial charge in [-0.15, -0.1) is 0 Å². The summed E-state index contributed by atoms with van der Waals surface area (Å²) >= 11 is 0. The summed E-state index contributed by atoms with van der Waals surface area (Å²) in [6.07, 6.45) is 0.0818. The Balaban J connectivity index is 2.09. The van der Waals surface area contributed by atoms with E-state index in [1.807, 2.05) is 39.0 Å². The Morgan fingerprint density at radius 1 is 0.920 bits per heavy atom. The van der Waals surface area contributed by atoms with E-state index in [1.54, 1.807) is 20.3 Å². The van der Waals surface area contributed by atoms with Crippen LogP contribution in [-0.2, 0) is 6.54 Å². The number of benzene rings is 2. The second-order valence-electron chi connectivity index (χ2n) is 6.14. The number of ether oxygens (including phenoxy) is 3. The summed E-state index contributed by atoms with van der Waals surface area (Å²) in [5.41, 5.74) is 1.84. The van der Waals surface area contributed by atoms with Crippen LogP contribution in [0.5, 0.6) is 17.2 Å². The molecule has 0 saturated carbocycles. The second kappa shape index (κ2) is 8.72. The van der Waals surface area contributed by atoms with Gasteiger partial charge < -0.3 is 19.5 Å². The van der Waals surface area contributed by atoms with Crippen LogP contribution in [0.2, 0.25) is 0 Å². The fraction of sp³-hybridized carbons (Fsp3) is 0.400. The number of hydrogen-bond acceptors (Lipinski definition) is 4. The normalized spacial score (nSPS) is 12.1. The minimum atomic E-state index is -0.277. The van der Waals surface area contributed by atoms with Crippen molar-refractivity contribution < 1.29 is 18.6 Å². The Morgan fingerprint density at radius 2 is 1.60 bits per heavy atom. The highest BCUT2D eigenvalue weighted by molar-refractivity contribution is 5.43. The third kappa shape index (κ3) is 5.10. The molecule has 2 aromatic rings. The zero-order valence-corrected chi connectivity index (χ0v) is 15.4. The highest BCUT2D eigenvalue weighted by Gasteiger charge is 2.13. The average molecular weight is 347 g/mol. The van der Waals surface area contributed by atoms with Crippen LogP contribution in [0.4, 0.5) is 4.39 Å². The van der Waals surface area contributed by atoms with E-state index in [0.29, 0.717) is 18.0 Å². The Hall–Kier alpha value is -2.27. The largest absolute Gasteiger partial charge is 0.496 e. The third-order valence-electron chi connectivity index (χ3n) is 3.86. The van der Waals surface area contributed by atoms with Crippen LogP contribution in [-0.4, -0.2) is 20.3 Å². The smallest absolute Gasteiger partial charge is 0.161 e. The Morgan fingerprint density at radius 3 is 2.24 bits per heavy atom. The monoisotopic (exact) mass is 347 g/mol. The van der Waals surface area contributed by atoms with Crippen molar-refractivity contribution in [1.82, 2.24) is 5.32 Å². The van der Waals surface area contributed by atoms with Gasteiger partial charge in [-0.25, -0.2) is 4.39 Å². The molecular weight excluding hydrogens is 321 g/mol. The molecule has 0 heterocycles. The van der Waals surface area contributed by atoms with E-state index in [9.17, 15) is 4.39 Å². The summed E-state index contributed by atoms with van der Waals surface area (Å²) in [6, 6.07) is 10.3. The van der Waals surface area contributed by atoms with Crippen molar-refractivity contribution in [2.75, 3.05) is 14.2 Å². The Labute approximate surface area is 148 Å². The van der Waals surface area contributed by atoms with Gasteiger partial charge >= 0.3 is 0 Å². The van der Waals surface area contributed by atoms with Crippen LogP contribution < -0.4 is 19.5 Å². The first-order valence-electron chi connectivity index (χ1n) is 8.35. The van der Waals surface area contributed by atoms with Crippen LogP contribution >= 0.6 is 0 Å². The molecule has 0 aliphatic carbocycles. The predicted octanol–water partition coefficient (Wildman–Crippen LogP) is 4.48. The molecule has 4 nitrogen and oxygen atoms in total. The van der Waals surface area contributed by atoms with Crippen LogP contribution in [0.25, 0.3) is 0 Å². The van der Waals surface area contributed by atoms with Crippen molar-refractivity contribution in [2.45, 2.75) is 39.5 Å². The quantitative estimate of drug-likeness (QED) is 0.764. The van der Waals surface area contributed by atoms with E-state index in [2.05, 4.69) is 5.32 Å². The number of hydrogen-bond donors (Lipinski definition) is 1. The lowest BCUT2D eigenvalue weighted by Crippen LogP contribution is -2.19. The molecule has 0 aliphatic heterocycles. The summed E-state index contributed by atoms with van der Waals surface area (Å²) in [6.45, 7) is 6.54. The van der Waals surface area contributed by atoms with Gasteiger partial charge in [-0.2, -0.15) is 0 Å². The number of halogens is 1. The van der Waals surface area contributed by atoms with Gasteiger partial charge in [0, 0.05) is 18.2 Å². The first-order valence-corrected chi connectivity index (χ1v) is 8.35. The first-order chi connectivity index (χ1) is 11.9. The van der Waals surface area contributed by atoms with Gasteiger partial charge in [0.2, 0.25) is 0 Å². The van der Waals surface area contributed by atoms with E-state index in [0.717, 1.165) is 16.9 Å². The second-order valence-corrected chi connectivity index (χ2v) is 6.14. The molecule has 2 aromatic carbocycles. The Kier molecular flexibility index (Phi) is 6.65. The highest BCUT2D eigenvalue weighted by Crippen LogP contribution is 2.30. The molecule has 0 fully saturated rings. The maximum atomic E-state index is 13.5. The van der Waals surface area contributed by atoms with Crippen LogP contribution in [0, 0.1) is 5.82 Å². The van der Waals surface area contributed by atoms with Crippen molar-refractivity contribution in [2.24, 2.45) is 0 Å². The molecule has 1 unspecified atom stereocenters. The SMILES string of the molecule is COc1cc(CNC(C)c2cc(F)ccc2OC)ccc1OC(C)C. The molecule has 0 aliphatic rings. The van der Waals surface area contributed by atoms with Gasteiger partial charge in [-0.1, -0.05) is 6.07 Å². The molecule has 1 N–H and O–H groups in total. The maximum absolute atomic E-state index is 13.5. The number of methoxy groups -OCH3 is 2. The molecule has 0 saturated heterocycles. The Bertz CT molecular complexity index is 703. The fourth-order valence-electron chi connectivity index (χ4n) is 2.60. The molecule has 5 heteroatoms. The maximum Gasteiger partial charge on any atom is 0.161 e. The molecule has 0 bridgehead atoms. The lowest BCUT2D eigenvalue weighted by molar-refractivity contribution is 0.230. The van der Waals surface area contributed by atoms with Gasteiger partial charge in [0.15, 0.2) is 11.5 Å². The van der Waals surface area contributed by atoms with E-state index in [-0.39, 0.29) is 18.0 Å². The molecule has 0 radical (unpaired) electrons. The number of nitrogens with one attached hydrogen (secondary N) is 1. The van der Waals surface area contributed by atoms with Crippen molar-refractivity contribution in [3.05, 3.63) is 53.3 Å². The number of rotatable bonds is 8. The lowest BCUT2D eigenvalue weighted by atomic mass is 10.1. The molecule has 2 rings (SSSR count). The third-order valence-corrected chi connectivity index (χ3v) is 3.86. The molecule has 0 amide bonds. The van der Waals surface area contributed by atoms with Gasteiger partial charge in [-0.3, -0.25) is 0 Å². The van der Waals surface area contributed by atoms with Crippen LogP contribution in [0.3, 0.4) is 0 Å². The van der Waals surface area contributed by atoms with Gasteiger partial charge in [0.05, 0.1) is 20.3 Å². The zero-order chi connectivity index (χ0) is 18.4. The van der Waals surface area contributed by atoms with Gasteiger partial charge in [0.1, 0.15) is 11.6 Å². The van der Waals surface area contributed by atoms with E-state index < -0.39 is 0 Å². The van der Waals surface area contributed by atoms with Crippen molar-refractivity contribution in [3.8, 4) is 17.2 Å².